The van der Waals surface area contributed by atoms with E-state index >= 15 is 0 Å². The molecule has 0 fully saturated rings. The van der Waals surface area contributed by atoms with Crippen LogP contribution in [-0.4, -0.2) is 0 Å². The first kappa shape index (κ1) is 19.8. The van der Waals surface area contributed by atoms with Crippen LogP contribution >= 0.6 is 0 Å². The van der Waals surface area contributed by atoms with E-state index < -0.39 is 0 Å². The summed E-state index contributed by atoms with van der Waals surface area (Å²) in [7, 11) is 2.15. The number of furan rings is 1. The van der Waals surface area contributed by atoms with Crippen molar-refractivity contribution >= 4 is 32.8 Å². The van der Waals surface area contributed by atoms with E-state index in [1.165, 1.54) is 49.6 Å². The average Bonchev–Trinajstić information content (AvgIpc) is 3.06. The first-order chi connectivity index (χ1) is 14.7. The molecule has 0 amide bonds. The van der Waals surface area contributed by atoms with Crippen LogP contribution in [0.15, 0.2) is 65.1 Å². The van der Waals surface area contributed by atoms with E-state index in [1.54, 1.807) is 0 Å². The summed E-state index contributed by atoms with van der Waals surface area (Å²) < 4.78 is 8.87. The van der Waals surface area contributed by atoms with Crippen LogP contribution in [0.1, 0.15) is 37.5 Å². The highest BCUT2D eigenvalue weighted by atomic mass is 16.3. The Balaban J connectivity index is 1.81. The number of aryl methyl sites for hydroxylation is 2. The van der Waals surface area contributed by atoms with Gasteiger partial charge in [-0.2, -0.15) is 4.57 Å². The minimum atomic E-state index is 0.247. The lowest BCUT2D eigenvalue weighted by atomic mass is 9.88. The van der Waals surface area contributed by atoms with Crippen molar-refractivity contribution < 1.29 is 8.98 Å². The molecule has 2 heteroatoms. The number of fused-ring (bicyclic) bond motifs is 4. The number of benzene rings is 3. The van der Waals surface area contributed by atoms with Crippen molar-refractivity contribution in [3.8, 4) is 11.3 Å². The van der Waals surface area contributed by atoms with Crippen molar-refractivity contribution in [2.24, 2.45) is 12.5 Å². The molecule has 2 aromatic heterocycles. The third-order valence-electron chi connectivity index (χ3n) is 6.42. The molecule has 3 aromatic carbocycles. The molecule has 0 saturated carbocycles. The van der Waals surface area contributed by atoms with Gasteiger partial charge in [0.05, 0.1) is 5.56 Å². The molecule has 31 heavy (non-hydrogen) atoms. The molecule has 0 saturated heterocycles. The van der Waals surface area contributed by atoms with Crippen molar-refractivity contribution in [3.05, 3.63) is 77.4 Å². The maximum absolute atomic E-state index is 6.58. The summed E-state index contributed by atoms with van der Waals surface area (Å²) in [6.45, 7) is 11.2. The molecule has 0 bridgehead atoms. The van der Waals surface area contributed by atoms with Gasteiger partial charge in [0.1, 0.15) is 18.2 Å². The summed E-state index contributed by atoms with van der Waals surface area (Å²) in [5.74, 6) is 0. The van der Waals surface area contributed by atoms with Crippen LogP contribution in [0.5, 0.6) is 0 Å². The Kier molecular flexibility index (Phi) is 4.44. The molecule has 5 rings (SSSR count). The number of rotatable bonds is 2. The van der Waals surface area contributed by atoms with E-state index in [4.69, 9.17) is 4.42 Å². The molecule has 156 valence electrons. The van der Waals surface area contributed by atoms with Gasteiger partial charge in [-0.15, -0.1) is 0 Å². The quantitative estimate of drug-likeness (QED) is 0.277. The largest absolute Gasteiger partial charge is 0.455 e. The molecule has 5 aromatic rings. The Bertz CT molecular complexity index is 1460. The third kappa shape index (κ3) is 3.31. The number of para-hydroxylation sites is 1. The van der Waals surface area contributed by atoms with Gasteiger partial charge in [0.25, 0.3) is 0 Å². The van der Waals surface area contributed by atoms with Crippen molar-refractivity contribution in [3.63, 3.8) is 0 Å². The van der Waals surface area contributed by atoms with Crippen molar-refractivity contribution in [1.29, 1.82) is 0 Å². The molecule has 0 spiro atoms. The van der Waals surface area contributed by atoms with Crippen molar-refractivity contribution in [1.82, 2.24) is 0 Å². The van der Waals surface area contributed by atoms with Crippen LogP contribution in [0.3, 0.4) is 0 Å². The zero-order valence-electron chi connectivity index (χ0n) is 19.3. The molecule has 0 aliphatic rings. The van der Waals surface area contributed by atoms with E-state index in [2.05, 4.69) is 107 Å². The molecule has 2 heterocycles. The average molecular weight is 409 g/mol. The molecular weight excluding hydrogens is 378 g/mol. The molecule has 2 nitrogen and oxygen atoms in total. The number of aromatic nitrogens is 1. The van der Waals surface area contributed by atoms with Gasteiger partial charge >= 0.3 is 0 Å². The smallest absolute Gasteiger partial charge is 0.216 e. The number of pyridine rings is 1. The molecule has 0 aliphatic carbocycles. The predicted molar refractivity (Wildman–Crippen MR) is 130 cm³/mol. The number of hydrogen-bond donors (Lipinski definition) is 0. The van der Waals surface area contributed by atoms with Gasteiger partial charge in [-0.05, 0) is 66.6 Å². The highest BCUT2D eigenvalue weighted by Crippen LogP contribution is 2.39. The normalized spacial score (nSPS) is 12.3. The van der Waals surface area contributed by atoms with Gasteiger partial charge in [-0.25, -0.2) is 0 Å². The topological polar surface area (TPSA) is 17.0 Å². The van der Waals surface area contributed by atoms with Crippen LogP contribution in [0.4, 0.5) is 0 Å². The molecular formula is C29H30NO+. The Labute approximate surface area is 184 Å². The Morgan fingerprint density at radius 3 is 2.42 bits per heavy atom. The molecule has 0 radical (unpaired) electrons. The fourth-order valence-corrected chi connectivity index (χ4v) is 4.81. The van der Waals surface area contributed by atoms with Crippen LogP contribution in [-0.2, 0) is 13.5 Å². The van der Waals surface area contributed by atoms with Gasteiger partial charge in [0.15, 0.2) is 0 Å². The summed E-state index contributed by atoms with van der Waals surface area (Å²) >= 11 is 0. The molecule has 0 atom stereocenters. The van der Waals surface area contributed by atoms with E-state index in [9.17, 15) is 0 Å². The van der Waals surface area contributed by atoms with Crippen LogP contribution in [0.25, 0.3) is 44.1 Å². The number of nitrogens with zero attached hydrogens (tertiary/aromatic N) is 1. The second kappa shape index (κ2) is 6.95. The minimum absolute atomic E-state index is 0.247. The Hall–Kier alpha value is -3.13. The summed E-state index contributed by atoms with van der Waals surface area (Å²) in [4.78, 5) is 0. The first-order valence-electron chi connectivity index (χ1n) is 11.1. The molecule has 0 N–H and O–H groups in total. The van der Waals surface area contributed by atoms with E-state index in [0.717, 1.165) is 17.6 Å². The second-order valence-corrected chi connectivity index (χ2v) is 10.1. The summed E-state index contributed by atoms with van der Waals surface area (Å²) in [5.41, 5.74) is 9.68. The monoisotopic (exact) mass is 408 g/mol. The Morgan fingerprint density at radius 1 is 0.871 bits per heavy atom. The van der Waals surface area contributed by atoms with Gasteiger partial charge in [0.2, 0.25) is 11.2 Å². The maximum Gasteiger partial charge on any atom is 0.216 e. The Morgan fingerprint density at radius 2 is 1.65 bits per heavy atom. The second-order valence-electron chi connectivity index (χ2n) is 10.1. The maximum atomic E-state index is 6.58. The molecule has 0 aliphatic heterocycles. The van der Waals surface area contributed by atoms with Crippen molar-refractivity contribution in [2.75, 3.05) is 0 Å². The van der Waals surface area contributed by atoms with Gasteiger partial charge < -0.3 is 4.42 Å². The van der Waals surface area contributed by atoms with E-state index in [1.807, 2.05) is 0 Å². The lowest BCUT2D eigenvalue weighted by Crippen LogP contribution is -2.32. The minimum Gasteiger partial charge on any atom is -0.455 e. The fraction of sp³-hybridized carbons (Fsp3) is 0.276. The standard InChI is InChI=1S/C29H30NO/c1-18-15-23-22-13-11-20(17-29(3,4)5)16-26(22)31-28(23)27(19(18)2)25-14-12-21-9-7-8-10-24(21)30(25)6/h7-16H,17H2,1-6H3/q+1. The van der Waals surface area contributed by atoms with Gasteiger partial charge in [-0.1, -0.05) is 45.0 Å². The summed E-state index contributed by atoms with van der Waals surface area (Å²) in [6, 6.07) is 22.0. The SMILES string of the molecule is Cc1cc2c(oc3cc(CC(C)(C)C)ccc32)c(-c2ccc3ccccc3[n+]2C)c1C. The van der Waals surface area contributed by atoms with Crippen LogP contribution < -0.4 is 4.57 Å². The lowest BCUT2D eigenvalue weighted by Gasteiger charge is -2.17. The van der Waals surface area contributed by atoms with Crippen LogP contribution in [0, 0.1) is 19.3 Å². The third-order valence-corrected chi connectivity index (χ3v) is 6.42. The zero-order valence-corrected chi connectivity index (χ0v) is 19.3. The highest BCUT2D eigenvalue weighted by Gasteiger charge is 2.23. The predicted octanol–water partition coefficient (Wildman–Crippen LogP) is 7.44. The van der Waals surface area contributed by atoms with Gasteiger partial charge in [0, 0.05) is 28.3 Å². The van der Waals surface area contributed by atoms with Gasteiger partial charge in [-0.3, -0.25) is 0 Å². The highest BCUT2D eigenvalue weighted by molar-refractivity contribution is 6.10. The summed E-state index contributed by atoms with van der Waals surface area (Å²) in [5, 5.41) is 3.63. The first-order valence-corrected chi connectivity index (χ1v) is 11.1. The van der Waals surface area contributed by atoms with E-state index in [0.29, 0.717) is 0 Å². The summed E-state index contributed by atoms with van der Waals surface area (Å²) in [6.07, 6.45) is 1.03. The fourth-order valence-electron chi connectivity index (χ4n) is 4.81. The van der Waals surface area contributed by atoms with E-state index in [-0.39, 0.29) is 5.41 Å². The lowest BCUT2D eigenvalue weighted by molar-refractivity contribution is -0.633. The van der Waals surface area contributed by atoms with Crippen LogP contribution in [0.2, 0.25) is 0 Å². The zero-order chi connectivity index (χ0) is 21.9. The van der Waals surface area contributed by atoms with Crippen molar-refractivity contribution in [2.45, 2.75) is 41.0 Å². The molecule has 0 unspecified atom stereocenters. The number of hydrogen-bond acceptors (Lipinski definition) is 1.